The summed E-state index contributed by atoms with van der Waals surface area (Å²) in [6.45, 7) is 6.11. The Morgan fingerprint density at radius 3 is 2.83 bits per heavy atom. The lowest BCUT2D eigenvalue weighted by molar-refractivity contribution is -0.131. The molecule has 1 aromatic carbocycles. The number of piperidine rings is 1. The zero-order chi connectivity index (χ0) is 16.9. The molecule has 1 fully saturated rings. The fourth-order valence-corrected chi connectivity index (χ4v) is 4.85. The van der Waals surface area contributed by atoms with Crippen molar-refractivity contribution in [1.29, 1.82) is 0 Å². The summed E-state index contributed by atoms with van der Waals surface area (Å²) in [6.07, 6.45) is 3.97. The van der Waals surface area contributed by atoms with E-state index in [0.29, 0.717) is 6.42 Å². The number of amides is 1. The molecule has 0 unspecified atom stereocenters. The molecule has 2 aromatic rings. The molecule has 5 heteroatoms. The molecule has 0 atom stereocenters. The Labute approximate surface area is 152 Å². The zero-order valence-electron chi connectivity index (χ0n) is 14.4. The van der Waals surface area contributed by atoms with Gasteiger partial charge in [-0.2, -0.15) is 0 Å². The standard InChI is InChI=1S/C19H24N2OS2/c1-14-6-7-15(2)16(10-14)12-23-19-20-17(13-24-19)11-18(22)21-8-4-3-5-9-21/h6-7,10,13H,3-5,8-9,11-12H2,1-2H3. The molecule has 3 nitrogen and oxygen atoms in total. The van der Waals surface area contributed by atoms with E-state index in [1.54, 1.807) is 23.1 Å². The third kappa shape index (κ3) is 4.61. The highest BCUT2D eigenvalue weighted by Crippen LogP contribution is 2.28. The first-order valence-electron chi connectivity index (χ1n) is 8.53. The molecule has 24 heavy (non-hydrogen) atoms. The van der Waals surface area contributed by atoms with E-state index >= 15 is 0 Å². The second-order valence-corrected chi connectivity index (χ2v) is 8.52. The molecule has 1 amide bonds. The summed E-state index contributed by atoms with van der Waals surface area (Å²) >= 11 is 3.41. The number of hydrogen-bond acceptors (Lipinski definition) is 4. The molecule has 1 saturated heterocycles. The highest BCUT2D eigenvalue weighted by molar-refractivity contribution is 8.00. The van der Waals surface area contributed by atoms with Gasteiger partial charge in [-0.3, -0.25) is 4.79 Å². The van der Waals surface area contributed by atoms with Crippen LogP contribution in [-0.4, -0.2) is 28.9 Å². The van der Waals surface area contributed by atoms with Crippen LogP contribution in [0.15, 0.2) is 27.9 Å². The maximum absolute atomic E-state index is 12.3. The van der Waals surface area contributed by atoms with E-state index in [2.05, 4.69) is 37.0 Å². The van der Waals surface area contributed by atoms with Crippen molar-refractivity contribution in [2.45, 2.75) is 49.6 Å². The van der Waals surface area contributed by atoms with E-state index < -0.39 is 0 Å². The molecule has 0 N–H and O–H groups in total. The van der Waals surface area contributed by atoms with Gasteiger partial charge in [-0.15, -0.1) is 11.3 Å². The fraction of sp³-hybridized carbons (Fsp3) is 0.474. The lowest BCUT2D eigenvalue weighted by Gasteiger charge is -2.26. The number of rotatable bonds is 5. The zero-order valence-corrected chi connectivity index (χ0v) is 16.0. The van der Waals surface area contributed by atoms with Crippen molar-refractivity contribution in [3.8, 4) is 0 Å². The SMILES string of the molecule is Cc1ccc(C)c(CSc2nc(CC(=O)N3CCCCC3)cs2)c1. The van der Waals surface area contributed by atoms with Crippen LogP contribution in [0.25, 0.3) is 0 Å². The smallest absolute Gasteiger partial charge is 0.228 e. The summed E-state index contributed by atoms with van der Waals surface area (Å²) < 4.78 is 1.05. The normalized spacial score (nSPS) is 14.8. The number of carbonyl (C=O) groups is 1. The highest BCUT2D eigenvalue weighted by atomic mass is 32.2. The molecule has 0 bridgehead atoms. The number of nitrogens with zero attached hydrogens (tertiary/aromatic N) is 2. The minimum absolute atomic E-state index is 0.228. The van der Waals surface area contributed by atoms with Crippen molar-refractivity contribution in [2.24, 2.45) is 0 Å². The molecule has 1 aromatic heterocycles. The van der Waals surface area contributed by atoms with Crippen LogP contribution in [0.3, 0.4) is 0 Å². The van der Waals surface area contributed by atoms with Crippen LogP contribution in [0.1, 0.15) is 41.6 Å². The molecule has 0 radical (unpaired) electrons. The summed E-state index contributed by atoms with van der Waals surface area (Å²) in [4.78, 5) is 19.0. The second-order valence-electron chi connectivity index (χ2n) is 6.44. The van der Waals surface area contributed by atoms with E-state index in [9.17, 15) is 4.79 Å². The van der Waals surface area contributed by atoms with Gasteiger partial charge in [0, 0.05) is 24.2 Å². The molecule has 2 heterocycles. The Hall–Kier alpha value is -1.33. The second kappa shape index (κ2) is 8.17. The number of aromatic nitrogens is 1. The van der Waals surface area contributed by atoms with Crippen LogP contribution >= 0.6 is 23.1 Å². The Kier molecular flexibility index (Phi) is 5.95. The number of hydrogen-bond donors (Lipinski definition) is 0. The maximum atomic E-state index is 12.3. The van der Waals surface area contributed by atoms with Gasteiger partial charge in [-0.1, -0.05) is 35.5 Å². The number of thiazole rings is 1. The monoisotopic (exact) mass is 360 g/mol. The predicted molar refractivity (Wildman–Crippen MR) is 102 cm³/mol. The first-order chi connectivity index (χ1) is 11.6. The summed E-state index contributed by atoms with van der Waals surface area (Å²) in [6, 6.07) is 6.57. The molecule has 3 rings (SSSR count). The third-order valence-corrected chi connectivity index (χ3v) is 6.55. The molecular formula is C19H24N2OS2. The lowest BCUT2D eigenvalue weighted by Crippen LogP contribution is -2.36. The van der Waals surface area contributed by atoms with Crippen LogP contribution in [0.4, 0.5) is 0 Å². The Balaban J connectivity index is 1.55. The summed E-state index contributed by atoms with van der Waals surface area (Å²) in [5, 5.41) is 2.04. The minimum Gasteiger partial charge on any atom is -0.342 e. The molecule has 128 valence electrons. The van der Waals surface area contributed by atoms with Gasteiger partial charge < -0.3 is 4.90 Å². The molecule has 1 aliphatic rings. The molecular weight excluding hydrogens is 336 g/mol. The highest BCUT2D eigenvalue weighted by Gasteiger charge is 2.18. The quantitative estimate of drug-likeness (QED) is 0.730. The topological polar surface area (TPSA) is 33.2 Å². The average Bonchev–Trinajstić information content (AvgIpc) is 3.04. The minimum atomic E-state index is 0.228. The van der Waals surface area contributed by atoms with Gasteiger partial charge in [0.1, 0.15) is 4.34 Å². The van der Waals surface area contributed by atoms with E-state index in [-0.39, 0.29) is 5.91 Å². The van der Waals surface area contributed by atoms with Gasteiger partial charge in [0.15, 0.2) is 0 Å². The van der Waals surface area contributed by atoms with Gasteiger partial charge in [-0.05, 0) is 44.2 Å². The van der Waals surface area contributed by atoms with E-state index in [0.717, 1.165) is 41.7 Å². The number of aryl methyl sites for hydroxylation is 2. The Morgan fingerprint density at radius 1 is 1.25 bits per heavy atom. The summed E-state index contributed by atoms with van der Waals surface area (Å²) in [5.41, 5.74) is 4.90. The van der Waals surface area contributed by atoms with Crippen LogP contribution in [0.2, 0.25) is 0 Å². The predicted octanol–water partition coefficient (Wildman–Crippen LogP) is 4.61. The van der Waals surface area contributed by atoms with Crippen molar-refractivity contribution in [3.63, 3.8) is 0 Å². The van der Waals surface area contributed by atoms with Crippen molar-refractivity contribution >= 4 is 29.0 Å². The number of thioether (sulfide) groups is 1. The third-order valence-electron chi connectivity index (χ3n) is 4.43. The van der Waals surface area contributed by atoms with Crippen LogP contribution in [0.5, 0.6) is 0 Å². The van der Waals surface area contributed by atoms with Crippen LogP contribution in [-0.2, 0) is 17.0 Å². The van der Waals surface area contributed by atoms with E-state index in [1.165, 1.54) is 23.1 Å². The van der Waals surface area contributed by atoms with Gasteiger partial charge in [0.2, 0.25) is 5.91 Å². The lowest BCUT2D eigenvalue weighted by atomic mass is 10.1. The Bertz CT molecular complexity index is 705. The van der Waals surface area contributed by atoms with Gasteiger partial charge in [-0.25, -0.2) is 4.98 Å². The van der Waals surface area contributed by atoms with Gasteiger partial charge in [0.25, 0.3) is 0 Å². The molecule has 1 aliphatic heterocycles. The summed E-state index contributed by atoms with van der Waals surface area (Å²) in [7, 11) is 0. The molecule has 0 saturated carbocycles. The fourth-order valence-electron chi connectivity index (χ4n) is 2.94. The van der Waals surface area contributed by atoms with E-state index in [1.807, 2.05) is 10.3 Å². The molecule has 0 spiro atoms. The number of benzene rings is 1. The van der Waals surface area contributed by atoms with Gasteiger partial charge in [0.05, 0.1) is 12.1 Å². The largest absolute Gasteiger partial charge is 0.342 e. The van der Waals surface area contributed by atoms with Crippen molar-refractivity contribution in [3.05, 3.63) is 46.0 Å². The van der Waals surface area contributed by atoms with Crippen LogP contribution < -0.4 is 0 Å². The Morgan fingerprint density at radius 2 is 2.04 bits per heavy atom. The number of carbonyl (C=O) groups excluding carboxylic acids is 1. The maximum Gasteiger partial charge on any atom is 0.228 e. The average molecular weight is 361 g/mol. The van der Waals surface area contributed by atoms with Gasteiger partial charge >= 0.3 is 0 Å². The van der Waals surface area contributed by atoms with E-state index in [4.69, 9.17) is 0 Å². The van der Waals surface area contributed by atoms with Crippen LogP contribution in [0, 0.1) is 13.8 Å². The summed E-state index contributed by atoms with van der Waals surface area (Å²) in [5.74, 6) is 1.16. The number of likely N-dealkylation sites (tertiary alicyclic amines) is 1. The van der Waals surface area contributed by atoms with Crippen molar-refractivity contribution in [1.82, 2.24) is 9.88 Å². The van der Waals surface area contributed by atoms with Crippen molar-refractivity contribution < 1.29 is 4.79 Å². The molecule has 0 aliphatic carbocycles. The first-order valence-corrected chi connectivity index (χ1v) is 10.4. The first kappa shape index (κ1) is 17.5. The van der Waals surface area contributed by atoms with Crippen molar-refractivity contribution in [2.75, 3.05) is 13.1 Å².